The van der Waals surface area contributed by atoms with Crippen molar-refractivity contribution in [2.45, 2.75) is 0 Å². The monoisotopic (exact) mass is 561 g/mol. The van der Waals surface area contributed by atoms with E-state index in [9.17, 15) is 0 Å². The average molecular weight is 562 g/mol. The molecule has 0 aliphatic carbocycles. The van der Waals surface area contributed by atoms with Crippen molar-refractivity contribution in [1.29, 1.82) is 0 Å². The number of aromatic nitrogens is 3. The summed E-state index contributed by atoms with van der Waals surface area (Å²) in [5.74, 6) is 0.711. The third kappa shape index (κ3) is 4.81. The third-order valence-corrected chi connectivity index (χ3v) is 8.07. The maximum Gasteiger partial charge on any atom is 0.160 e. The molecule has 0 bridgehead atoms. The van der Waals surface area contributed by atoms with Crippen LogP contribution in [0.25, 0.3) is 78.0 Å². The van der Waals surface area contributed by atoms with Crippen LogP contribution in [0, 0.1) is 0 Å². The molecule has 3 nitrogen and oxygen atoms in total. The smallest absolute Gasteiger partial charge is 0.160 e. The molecule has 0 aliphatic rings. The summed E-state index contributed by atoms with van der Waals surface area (Å²) < 4.78 is 0. The molecule has 0 saturated carbocycles. The Balaban J connectivity index is 1.23. The van der Waals surface area contributed by atoms with Gasteiger partial charge >= 0.3 is 0 Å². The summed E-state index contributed by atoms with van der Waals surface area (Å²) in [6.07, 6.45) is 0. The van der Waals surface area contributed by atoms with Gasteiger partial charge < -0.3 is 0 Å². The molecule has 0 fully saturated rings. The maximum absolute atomic E-state index is 5.26. The van der Waals surface area contributed by atoms with Crippen molar-refractivity contribution in [2.24, 2.45) is 0 Å². The van der Waals surface area contributed by atoms with Gasteiger partial charge in [0.25, 0.3) is 0 Å². The van der Waals surface area contributed by atoms with Crippen molar-refractivity contribution in [3.63, 3.8) is 0 Å². The van der Waals surface area contributed by atoms with Gasteiger partial charge in [-0.15, -0.1) is 0 Å². The Morgan fingerprint density at radius 1 is 0.318 bits per heavy atom. The first-order chi connectivity index (χ1) is 21.8. The zero-order valence-electron chi connectivity index (χ0n) is 23.9. The molecule has 0 aliphatic heterocycles. The second-order valence-electron chi connectivity index (χ2n) is 10.9. The van der Waals surface area contributed by atoms with Gasteiger partial charge in [0.2, 0.25) is 0 Å². The molecule has 6 aromatic carbocycles. The third-order valence-electron chi connectivity index (χ3n) is 8.07. The molecule has 0 atom stereocenters. The van der Waals surface area contributed by atoms with Crippen LogP contribution in [0.4, 0.5) is 0 Å². The van der Waals surface area contributed by atoms with Crippen molar-refractivity contribution in [2.75, 3.05) is 0 Å². The Morgan fingerprint density at radius 2 is 0.841 bits per heavy atom. The second kappa shape index (κ2) is 11.0. The molecule has 8 rings (SSSR count). The van der Waals surface area contributed by atoms with Gasteiger partial charge in [0, 0.05) is 33.2 Å². The molecular weight excluding hydrogens is 534 g/mol. The van der Waals surface area contributed by atoms with Gasteiger partial charge in [-0.05, 0) is 34.5 Å². The summed E-state index contributed by atoms with van der Waals surface area (Å²) in [5.41, 5.74) is 10.2. The van der Waals surface area contributed by atoms with Crippen molar-refractivity contribution in [3.8, 4) is 56.3 Å². The van der Waals surface area contributed by atoms with Crippen LogP contribution in [-0.4, -0.2) is 15.0 Å². The number of benzene rings is 6. The average Bonchev–Trinajstić information content (AvgIpc) is 3.11. The van der Waals surface area contributed by atoms with E-state index >= 15 is 0 Å². The first-order valence-electron chi connectivity index (χ1n) is 14.8. The van der Waals surface area contributed by atoms with E-state index in [1.165, 1.54) is 21.9 Å². The Hall–Kier alpha value is -5.93. The first kappa shape index (κ1) is 25.8. The number of nitrogens with zero attached hydrogens (tertiary/aromatic N) is 3. The molecule has 2 aromatic heterocycles. The molecule has 2 heterocycles. The summed E-state index contributed by atoms with van der Waals surface area (Å²) >= 11 is 0. The largest absolute Gasteiger partial charge is 0.247 e. The molecule has 0 spiro atoms. The fourth-order valence-electron chi connectivity index (χ4n) is 5.87. The lowest BCUT2D eigenvalue weighted by molar-refractivity contribution is 1.18. The van der Waals surface area contributed by atoms with E-state index in [1.54, 1.807) is 0 Å². The number of rotatable bonds is 5. The van der Waals surface area contributed by atoms with Crippen LogP contribution in [0.2, 0.25) is 0 Å². The number of pyridine rings is 1. The quantitative estimate of drug-likeness (QED) is 0.196. The highest BCUT2D eigenvalue weighted by atomic mass is 14.9. The van der Waals surface area contributed by atoms with E-state index in [-0.39, 0.29) is 0 Å². The Labute approximate surface area is 256 Å². The lowest BCUT2D eigenvalue weighted by atomic mass is 9.94. The van der Waals surface area contributed by atoms with Crippen LogP contribution < -0.4 is 0 Å². The van der Waals surface area contributed by atoms with Gasteiger partial charge in [0.15, 0.2) is 5.82 Å². The summed E-state index contributed by atoms with van der Waals surface area (Å²) in [7, 11) is 0. The summed E-state index contributed by atoms with van der Waals surface area (Å²) in [6, 6.07) is 56.7. The predicted molar refractivity (Wildman–Crippen MR) is 182 cm³/mol. The fraction of sp³-hybridized carbons (Fsp3) is 0. The molecule has 0 saturated heterocycles. The van der Waals surface area contributed by atoms with E-state index in [4.69, 9.17) is 15.0 Å². The van der Waals surface area contributed by atoms with Gasteiger partial charge in [-0.25, -0.2) is 15.0 Å². The highest BCUT2D eigenvalue weighted by Gasteiger charge is 2.14. The first-order valence-corrected chi connectivity index (χ1v) is 14.8. The van der Waals surface area contributed by atoms with E-state index in [1.807, 2.05) is 36.4 Å². The van der Waals surface area contributed by atoms with Crippen molar-refractivity contribution < 1.29 is 0 Å². The standard InChI is InChI=1S/C41H27N3/c1-4-12-28(13-5-1)37-27-38(44-41(43-37)32-16-8-3-9-17-32)30-22-20-29(21-23-30)36-25-24-34-26-33-18-10-11-19-35(33)39(40(34)42-36)31-14-6-2-7-15-31/h1-27H. The molecule has 0 unspecified atom stereocenters. The lowest BCUT2D eigenvalue weighted by Gasteiger charge is -2.13. The van der Waals surface area contributed by atoms with Gasteiger partial charge in [-0.1, -0.05) is 146 Å². The van der Waals surface area contributed by atoms with Gasteiger partial charge in [0.05, 0.1) is 22.6 Å². The fourth-order valence-corrected chi connectivity index (χ4v) is 5.87. The maximum atomic E-state index is 5.26. The van der Waals surface area contributed by atoms with Crippen molar-refractivity contribution >= 4 is 21.7 Å². The number of hydrogen-bond acceptors (Lipinski definition) is 3. The molecular formula is C41H27N3. The van der Waals surface area contributed by atoms with E-state index in [2.05, 4.69) is 127 Å². The lowest BCUT2D eigenvalue weighted by Crippen LogP contribution is -1.96. The summed E-state index contributed by atoms with van der Waals surface area (Å²) in [4.78, 5) is 15.2. The van der Waals surface area contributed by atoms with Crippen LogP contribution in [0.1, 0.15) is 0 Å². The van der Waals surface area contributed by atoms with Crippen LogP contribution in [0.15, 0.2) is 164 Å². The number of hydrogen-bond donors (Lipinski definition) is 0. The summed E-state index contributed by atoms with van der Waals surface area (Å²) in [6.45, 7) is 0. The molecule has 0 radical (unpaired) electrons. The van der Waals surface area contributed by atoms with Crippen molar-refractivity contribution in [1.82, 2.24) is 15.0 Å². The van der Waals surface area contributed by atoms with Gasteiger partial charge in [-0.3, -0.25) is 0 Å². The SMILES string of the molecule is c1ccc(-c2cc(-c3ccc(-c4ccc5cc6ccccc6c(-c6ccccc6)c5n4)cc3)nc(-c3ccccc3)n2)cc1. The van der Waals surface area contributed by atoms with Crippen LogP contribution >= 0.6 is 0 Å². The normalized spacial score (nSPS) is 11.2. The van der Waals surface area contributed by atoms with Crippen LogP contribution in [-0.2, 0) is 0 Å². The molecule has 206 valence electrons. The van der Waals surface area contributed by atoms with Crippen molar-refractivity contribution in [3.05, 3.63) is 164 Å². The zero-order chi connectivity index (χ0) is 29.3. The van der Waals surface area contributed by atoms with Gasteiger partial charge in [0.1, 0.15) is 0 Å². The predicted octanol–water partition coefficient (Wildman–Crippen LogP) is 10.5. The summed E-state index contributed by atoms with van der Waals surface area (Å²) in [5, 5.41) is 3.55. The minimum Gasteiger partial charge on any atom is -0.247 e. The van der Waals surface area contributed by atoms with Crippen LogP contribution in [0.5, 0.6) is 0 Å². The zero-order valence-corrected chi connectivity index (χ0v) is 23.9. The van der Waals surface area contributed by atoms with Gasteiger partial charge in [-0.2, -0.15) is 0 Å². The Kier molecular flexibility index (Phi) is 6.47. The molecule has 3 heteroatoms. The van der Waals surface area contributed by atoms with E-state index < -0.39 is 0 Å². The van der Waals surface area contributed by atoms with Crippen LogP contribution in [0.3, 0.4) is 0 Å². The van der Waals surface area contributed by atoms with E-state index in [0.29, 0.717) is 5.82 Å². The molecule has 0 amide bonds. The minimum atomic E-state index is 0.711. The minimum absolute atomic E-state index is 0.711. The molecule has 44 heavy (non-hydrogen) atoms. The number of fused-ring (bicyclic) bond motifs is 2. The Bertz CT molecular complexity index is 2190. The topological polar surface area (TPSA) is 38.7 Å². The highest BCUT2D eigenvalue weighted by Crippen LogP contribution is 2.37. The molecule has 8 aromatic rings. The van der Waals surface area contributed by atoms with E-state index in [0.717, 1.165) is 50.2 Å². The Morgan fingerprint density at radius 3 is 1.50 bits per heavy atom. The molecule has 0 N–H and O–H groups in total. The second-order valence-corrected chi connectivity index (χ2v) is 10.9. The highest BCUT2D eigenvalue weighted by molar-refractivity contribution is 6.11.